The quantitative estimate of drug-likeness (QED) is 0.827. The van der Waals surface area contributed by atoms with Crippen LogP contribution >= 0.6 is 0 Å². The summed E-state index contributed by atoms with van der Waals surface area (Å²) in [7, 11) is 1.77. The summed E-state index contributed by atoms with van der Waals surface area (Å²) in [6, 6.07) is 5.84. The maximum atomic E-state index is 12.8. The fourth-order valence-corrected chi connectivity index (χ4v) is 1.69. The maximum absolute atomic E-state index is 12.8. The van der Waals surface area contributed by atoms with Gasteiger partial charge in [-0.25, -0.2) is 4.39 Å². The Hall–Kier alpha value is -1.46. The normalized spacial score (nSPS) is 10.7. The molecule has 0 aliphatic carbocycles. The molecule has 1 rings (SSSR count). The van der Waals surface area contributed by atoms with Crippen LogP contribution in [0.25, 0.3) is 0 Å². The number of hydrogen-bond acceptors (Lipinski definition) is 3. The average Bonchev–Trinajstić information content (AvgIpc) is 2.32. The van der Waals surface area contributed by atoms with Gasteiger partial charge in [-0.05, 0) is 38.2 Å². The maximum Gasteiger partial charge on any atom is 0.241 e. The number of benzene rings is 1. The highest BCUT2D eigenvalue weighted by Gasteiger charge is 2.15. The van der Waals surface area contributed by atoms with E-state index < -0.39 is 0 Å². The van der Waals surface area contributed by atoms with E-state index >= 15 is 0 Å². The SMILES string of the molecule is CCN(C(=O)CN(C)CCO)c1ccc(F)cc1. The summed E-state index contributed by atoms with van der Waals surface area (Å²) in [5.41, 5.74) is 0.682. The monoisotopic (exact) mass is 254 g/mol. The number of rotatable bonds is 6. The predicted molar refractivity (Wildman–Crippen MR) is 69.0 cm³/mol. The van der Waals surface area contributed by atoms with Crippen molar-refractivity contribution in [2.24, 2.45) is 0 Å². The standard InChI is InChI=1S/C13H19FN2O2/c1-3-16(12-6-4-11(14)5-7-12)13(18)10-15(2)8-9-17/h4-7,17H,3,8-10H2,1-2H3. The third kappa shape index (κ3) is 4.09. The van der Waals surface area contributed by atoms with Crippen LogP contribution in [0.15, 0.2) is 24.3 Å². The van der Waals surface area contributed by atoms with Gasteiger partial charge in [0.1, 0.15) is 5.82 Å². The Balaban J connectivity index is 2.71. The Kier molecular flexibility index (Phi) is 5.74. The summed E-state index contributed by atoms with van der Waals surface area (Å²) < 4.78 is 12.8. The number of halogens is 1. The number of carbonyl (C=O) groups excluding carboxylic acids is 1. The lowest BCUT2D eigenvalue weighted by molar-refractivity contribution is -0.119. The molecule has 1 aromatic carbocycles. The van der Waals surface area contributed by atoms with Crippen LogP contribution in [0.2, 0.25) is 0 Å². The first-order valence-electron chi connectivity index (χ1n) is 5.93. The molecular formula is C13H19FN2O2. The van der Waals surface area contributed by atoms with E-state index in [9.17, 15) is 9.18 Å². The molecule has 0 aliphatic rings. The molecule has 0 saturated carbocycles. The summed E-state index contributed by atoms with van der Waals surface area (Å²) in [6.07, 6.45) is 0. The molecule has 100 valence electrons. The molecule has 0 spiro atoms. The van der Waals surface area contributed by atoms with Crippen molar-refractivity contribution in [3.05, 3.63) is 30.1 Å². The van der Waals surface area contributed by atoms with Crippen molar-refractivity contribution in [2.75, 3.05) is 38.2 Å². The molecule has 0 bridgehead atoms. The fraction of sp³-hybridized carbons (Fsp3) is 0.462. The molecule has 0 aromatic heterocycles. The molecule has 0 unspecified atom stereocenters. The van der Waals surface area contributed by atoms with Crippen molar-refractivity contribution < 1.29 is 14.3 Å². The topological polar surface area (TPSA) is 43.8 Å². The summed E-state index contributed by atoms with van der Waals surface area (Å²) in [6.45, 7) is 3.09. The van der Waals surface area contributed by atoms with Gasteiger partial charge in [0, 0.05) is 18.8 Å². The number of likely N-dealkylation sites (N-methyl/N-ethyl adjacent to an activating group) is 2. The van der Waals surface area contributed by atoms with Crippen LogP contribution < -0.4 is 4.90 Å². The molecule has 1 amide bonds. The Labute approximate surface area is 107 Å². The van der Waals surface area contributed by atoms with Crippen molar-refractivity contribution in [2.45, 2.75) is 6.92 Å². The largest absolute Gasteiger partial charge is 0.395 e. The summed E-state index contributed by atoms with van der Waals surface area (Å²) in [4.78, 5) is 15.4. The van der Waals surface area contributed by atoms with Gasteiger partial charge in [-0.15, -0.1) is 0 Å². The van der Waals surface area contributed by atoms with Crippen molar-refractivity contribution in [3.63, 3.8) is 0 Å². The Morgan fingerprint density at radius 2 is 1.94 bits per heavy atom. The van der Waals surface area contributed by atoms with E-state index in [4.69, 9.17) is 5.11 Å². The Morgan fingerprint density at radius 1 is 1.33 bits per heavy atom. The van der Waals surface area contributed by atoms with Gasteiger partial charge in [0.15, 0.2) is 0 Å². The average molecular weight is 254 g/mol. The van der Waals surface area contributed by atoms with Gasteiger partial charge in [-0.1, -0.05) is 0 Å². The number of nitrogens with zero attached hydrogens (tertiary/aromatic N) is 2. The lowest BCUT2D eigenvalue weighted by atomic mass is 10.2. The van der Waals surface area contributed by atoms with Crippen LogP contribution in [-0.2, 0) is 4.79 Å². The second-order valence-corrected chi connectivity index (χ2v) is 4.08. The minimum atomic E-state index is -0.320. The van der Waals surface area contributed by atoms with E-state index in [0.29, 0.717) is 18.8 Å². The molecule has 4 nitrogen and oxygen atoms in total. The zero-order chi connectivity index (χ0) is 13.5. The van der Waals surface area contributed by atoms with Gasteiger partial charge in [0.05, 0.1) is 13.2 Å². The molecule has 0 atom stereocenters. The number of amides is 1. The number of carbonyl (C=O) groups is 1. The first kappa shape index (κ1) is 14.6. The van der Waals surface area contributed by atoms with E-state index in [1.54, 1.807) is 29.0 Å². The molecular weight excluding hydrogens is 235 g/mol. The fourth-order valence-electron chi connectivity index (χ4n) is 1.69. The van der Waals surface area contributed by atoms with E-state index in [1.165, 1.54) is 12.1 Å². The molecule has 0 radical (unpaired) electrons. The number of aliphatic hydroxyl groups excluding tert-OH is 1. The highest BCUT2D eigenvalue weighted by atomic mass is 19.1. The van der Waals surface area contributed by atoms with E-state index in [-0.39, 0.29) is 24.9 Å². The van der Waals surface area contributed by atoms with E-state index in [0.717, 1.165) is 0 Å². The van der Waals surface area contributed by atoms with Crippen molar-refractivity contribution in [1.29, 1.82) is 0 Å². The van der Waals surface area contributed by atoms with Crippen LogP contribution in [0, 0.1) is 5.82 Å². The first-order valence-corrected chi connectivity index (χ1v) is 5.93. The smallest absolute Gasteiger partial charge is 0.241 e. The highest BCUT2D eigenvalue weighted by molar-refractivity contribution is 5.94. The van der Waals surface area contributed by atoms with Gasteiger partial charge in [-0.2, -0.15) is 0 Å². The zero-order valence-electron chi connectivity index (χ0n) is 10.8. The molecule has 0 heterocycles. The van der Waals surface area contributed by atoms with E-state index in [1.807, 2.05) is 6.92 Å². The third-order valence-electron chi connectivity index (χ3n) is 2.64. The molecule has 0 aliphatic heterocycles. The van der Waals surface area contributed by atoms with Crippen LogP contribution in [0.3, 0.4) is 0 Å². The van der Waals surface area contributed by atoms with Crippen LogP contribution in [-0.4, -0.2) is 49.2 Å². The van der Waals surface area contributed by atoms with Crippen molar-refractivity contribution in [3.8, 4) is 0 Å². The number of hydrogen-bond donors (Lipinski definition) is 1. The second-order valence-electron chi connectivity index (χ2n) is 4.08. The van der Waals surface area contributed by atoms with Gasteiger partial charge in [-0.3, -0.25) is 9.69 Å². The highest BCUT2D eigenvalue weighted by Crippen LogP contribution is 2.14. The Morgan fingerprint density at radius 3 is 2.44 bits per heavy atom. The van der Waals surface area contributed by atoms with Gasteiger partial charge in [0.25, 0.3) is 0 Å². The first-order chi connectivity index (χ1) is 8.58. The van der Waals surface area contributed by atoms with Crippen LogP contribution in [0.4, 0.5) is 10.1 Å². The second kappa shape index (κ2) is 7.08. The third-order valence-corrected chi connectivity index (χ3v) is 2.64. The zero-order valence-corrected chi connectivity index (χ0v) is 10.8. The minimum Gasteiger partial charge on any atom is -0.395 e. The van der Waals surface area contributed by atoms with Gasteiger partial charge in [0.2, 0.25) is 5.91 Å². The Bertz CT molecular complexity index is 381. The minimum absolute atomic E-state index is 0.0203. The molecule has 0 fully saturated rings. The van der Waals surface area contributed by atoms with Gasteiger partial charge >= 0.3 is 0 Å². The molecule has 1 N–H and O–H groups in total. The van der Waals surface area contributed by atoms with Crippen molar-refractivity contribution in [1.82, 2.24) is 4.90 Å². The molecule has 0 saturated heterocycles. The summed E-state index contributed by atoms with van der Waals surface area (Å²) in [5.74, 6) is -0.389. The molecule has 18 heavy (non-hydrogen) atoms. The van der Waals surface area contributed by atoms with Gasteiger partial charge < -0.3 is 10.0 Å². The summed E-state index contributed by atoms with van der Waals surface area (Å²) in [5, 5.41) is 8.78. The molecule has 1 aromatic rings. The molecule has 5 heteroatoms. The predicted octanol–water partition coefficient (Wildman–Crippen LogP) is 1.10. The number of aliphatic hydroxyl groups is 1. The summed E-state index contributed by atoms with van der Waals surface area (Å²) >= 11 is 0. The van der Waals surface area contributed by atoms with Crippen molar-refractivity contribution >= 4 is 11.6 Å². The van der Waals surface area contributed by atoms with E-state index in [2.05, 4.69) is 0 Å². The lowest BCUT2D eigenvalue weighted by Crippen LogP contribution is -2.39. The van der Waals surface area contributed by atoms with Crippen LogP contribution in [0.1, 0.15) is 6.92 Å². The lowest BCUT2D eigenvalue weighted by Gasteiger charge is -2.24. The number of anilines is 1. The van der Waals surface area contributed by atoms with Crippen LogP contribution in [0.5, 0.6) is 0 Å².